The van der Waals surface area contributed by atoms with E-state index in [1.54, 1.807) is 18.2 Å². The van der Waals surface area contributed by atoms with Gasteiger partial charge in [0.25, 0.3) is 0 Å². The van der Waals surface area contributed by atoms with Crippen LogP contribution in [-0.4, -0.2) is 27.4 Å². The first-order valence-electron chi connectivity index (χ1n) is 7.94. The van der Waals surface area contributed by atoms with Gasteiger partial charge in [-0.3, -0.25) is 4.79 Å². The van der Waals surface area contributed by atoms with Gasteiger partial charge in [0.05, 0.1) is 10.9 Å². The lowest BCUT2D eigenvalue weighted by Crippen LogP contribution is -2.37. The number of benzene rings is 1. The zero-order chi connectivity index (χ0) is 16.9. The topological polar surface area (TPSA) is 66.9 Å². The number of nitrogens with one attached hydrogen (secondary N) is 2. The van der Waals surface area contributed by atoms with Crippen molar-refractivity contribution in [2.45, 2.75) is 48.2 Å². The summed E-state index contributed by atoms with van der Waals surface area (Å²) >= 11 is 2.68. The van der Waals surface area contributed by atoms with Crippen molar-refractivity contribution in [1.82, 2.24) is 15.5 Å². The Hall–Kier alpha value is -1.67. The largest absolute Gasteiger partial charge is 0.352 e. The molecule has 0 unspecified atom stereocenters. The van der Waals surface area contributed by atoms with Crippen molar-refractivity contribution in [3.05, 3.63) is 30.1 Å². The van der Waals surface area contributed by atoms with Crippen LogP contribution in [0.25, 0.3) is 0 Å². The van der Waals surface area contributed by atoms with Gasteiger partial charge < -0.3 is 10.6 Å². The first-order valence-corrected chi connectivity index (χ1v) is 9.63. The van der Waals surface area contributed by atoms with Gasteiger partial charge in [-0.05, 0) is 31.9 Å². The molecule has 1 saturated carbocycles. The summed E-state index contributed by atoms with van der Waals surface area (Å²) in [6.45, 7) is 1.86. The average Bonchev–Trinajstić information content (AvgIpc) is 3.22. The molecule has 3 rings (SSSR count). The average molecular weight is 366 g/mol. The smallest absolute Gasteiger partial charge is 0.233 e. The monoisotopic (exact) mass is 366 g/mol. The summed E-state index contributed by atoms with van der Waals surface area (Å²) in [6, 6.07) is 6.72. The van der Waals surface area contributed by atoms with Crippen molar-refractivity contribution in [3.63, 3.8) is 0 Å². The van der Waals surface area contributed by atoms with Crippen LogP contribution in [0.3, 0.4) is 0 Å². The molecule has 24 heavy (non-hydrogen) atoms. The molecule has 0 bridgehead atoms. The highest BCUT2D eigenvalue weighted by Gasteiger charge is 2.22. The summed E-state index contributed by atoms with van der Waals surface area (Å²) in [4.78, 5) is 12.2. The molecule has 1 aromatic carbocycles. The minimum atomic E-state index is -0.341. The van der Waals surface area contributed by atoms with Crippen molar-refractivity contribution >= 4 is 39.8 Å². The Morgan fingerprint density at radius 1 is 1.33 bits per heavy atom. The Bertz CT molecular complexity index is 703. The second-order valence-electron chi connectivity index (χ2n) is 5.73. The van der Waals surface area contributed by atoms with Gasteiger partial charge in [-0.2, -0.15) is 0 Å². The molecule has 1 aromatic heterocycles. The van der Waals surface area contributed by atoms with Crippen molar-refractivity contribution in [2.24, 2.45) is 0 Å². The van der Waals surface area contributed by atoms with Crippen LogP contribution in [0.5, 0.6) is 0 Å². The van der Waals surface area contributed by atoms with Gasteiger partial charge in [0.1, 0.15) is 5.82 Å². The highest BCUT2D eigenvalue weighted by Crippen LogP contribution is 2.31. The Kier molecular flexibility index (Phi) is 5.68. The van der Waals surface area contributed by atoms with E-state index in [4.69, 9.17) is 0 Å². The van der Waals surface area contributed by atoms with Crippen LogP contribution < -0.4 is 10.6 Å². The third-order valence-electron chi connectivity index (χ3n) is 3.87. The van der Waals surface area contributed by atoms with Gasteiger partial charge in [-0.25, -0.2) is 4.39 Å². The summed E-state index contributed by atoms with van der Waals surface area (Å²) in [6.07, 6.45) is 4.51. The van der Waals surface area contributed by atoms with E-state index >= 15 is 0 Å². The van der Waals surface area contributed by atoms with E-state index in [0.29, 0.717) is 21.2 Å². The van der Waals surface area contributed by atoms with E-state index in [1.165, 1.54) is 42.0 Å². The molecule has 0 spiro atoms. The van der Waals surface area contributed by atoms with Crippen LogP contribution in [0.2, 0.25) is 0 Å². The van der Waals surface area contributed by atoms with Crippen molar-refractivity contribution in [1.29, 1.82) is 0 Å². The van der Waals surface area contributed by atoms with Gasteiger partial charge >= 0.3 is 0 Å². The Morgan fingerprint density at radius 3 is 2.83 bits per heavy atom. The molecule has 0 saturated heterocycles. The van der Waals surface area contributed by atoms with Crippen molar-refractivity contribution in [2.75, 3.05) is 5.32 Å². The van der Waals surface area contributed by atoms with Gasteiger partial charge in [-0.15, -0.1) is 10.2 Å². The zero-order valence-corrected chi connectivity index (χ0v) is 14.9. The van der Waals surface area contributed by atoms with E-state index in [1.807, 2.05) is 6.92 Å². The number of carbonyl (C=O) groups excluding carboxylic acids is 1. The van der Waals surface area contributed by atoms with Gasteiger partial charge in [0, 0.05) is 6.04 Å². The fourth-order valence-electron chi connectivity index (χ4n) is 2.58. The summed E-state index contributed by atoms with van der Waals surface area (Å²) < 4.78 is 14.3. The number of thioether (sulfide) groups is 1. The normalized spacial score (nSPS) is 16.1. The highest BCUT2D eigenvalue weighted by molar-refractivity contribution is 8.02. The molecular formula is C16H19FN4OS2. The maximum Gasteiger partial charge on any atom is 0.233 e. The number of hydrogen-bond donors (Lipinski definition) is 2. The molecule has 1 aliphatic rings. The molecule has 1 aliphatic carbocycles. The lowest BCUT2D eigenvalue weighted by atomic mass is 10.2. The third-order valence-corrected chi connectivity index (χ3v) is 5.89. The molecule has 8 heteroatoms. The quantitative estimate of drug-likeness (QED) is 0.758. The molecule has 5 nitrogen and oxygen atoms in total. The van der Waals surface area contributed by atoms with E-state index in [0.717, 1.165) is 12.8 Å². The molecule has 2 aromatic rings. The van der Waals surface area contributed by atoms with E-state index < -0.39 is 0 Å². The summed E-state index contributed by atoms with van der Waals surface area (Å²) in [7, 11) is 0. The fraction of sp³-hybridized carbons (Fsp3) is 0.438. The number of halogens is 1. The standard InChI is InChI=1S/C16H19FN4OS2/c1-10(14(22)18-11-6-2-3-7-11)23-16-21-20-15(24-16)19-13-9-5-4-8-12(13)17/h4-5,8-11H,2-3,6-7H2,1H3,(H,18,22)(H,19,20)/t10-/m0/s1. The molecule has 1 fully saturated rings. The summed E-state index contributed by atoms with van der Waals surface area (Å²) in [5, 5.41) is 14.3. The number of aromatic nitrogens is 2. The molecule has 1 heterocycles. The molecular weight excluding hydrogens is 347 g/mol. The van der Waals surface area contributed by atoms with Crippen LogP contribution in [-0.2, 0) is 4.79 Å². The molecule has 0 aliphatic heterocycles. The number of nitrogens with zero attached hydrogens (tertiary/aromatic N) is 2. The van der Waals surface area contributed by atoms with Gasteiger partial charge in [-0.1, -0.05) is 48.1 Å². The number of carbonyl (C=O) groups is 1. The van der Waals surface area contributed by atoms with Crippen LogP contribution in [0.1, 0.15) is 32.6 Å². The van der Waals surface area contributed by atoms with Crippen LogP contribution >= 0.6 is 23.1 Å². The Morgan fingerprint density at radius 2 is 2.08 bits per heavy atom. The maximum atomic E-state index is 13.6. The Labute approximate surface area is 148 Å². The number of rotatable bonds is 6. The lowest BCUT2D eigenvalue weighted by Gasteiger charge is -2.15. The minimum absolute atomic E-state index is 0.0331. The second-order valence-corrected chi connectivity index (χ2v) is 8.29. The molecule has 128 valence electrons. The third kappa shape index (κ3) is 4.45. The number of hydrogen-bond acceptors (Lipinski definition) is 6. The summed E-state index contributed by atoms with van der Waals surface area (Å²) in [5.41, 5.74) is 0.359. The Balaban J connectivity index is 1.55. The lowest BCUT2D eigenvalue weighted by molar-refractivity contribution is -0.120. The molecule has 2 N–H and O–H groups in total. The number of amides is 1. The highest BCUT2D eigenvalue weighted by atomic mass is 32.2. The number of para-hydroxylation sites is 1. The van der Waals surface area contributed by atoms with Gasteiger partial charge in [0.15, 0.2) is 4.34 Å². The molecule has 1 atom stereocenters. The first-order chi connectivity index (χ1) is 11.6. The van der Waals surface area contributed by atoms with Crippen LogP contribution in [0, 0.1) is 5.82 Å². The van der Waals surface area contributed by atoms with E-state index in [9.17, 15) is 9.18 Å². The molecule has 0 radical (unpaired) electrons. The minimum Gasteiger partial charge on any atom is -0.352 e. The molecule has 1 amide bonds. The van der Waals surface area contributed by atoms with E-state index in [2.05, 4.69) is 20.8 Å². The maximum absolute atomic E-state index is 13.6. The number of anilines is 2. The SMILES string of the molecule is C[C@H](Sc1nnc(Nc2ccccc2F)s1)C(=O)NC1CCCC1. The van der Waals surface area contributed by atoms with Gasteiger partial charge in [0.2, 0.25) is 11.0 Å². The predicted octanol–water partition coefficient (Wildman–Crippen LogP) is 3.96. The predicted molar refractivity (Wildman–Crippen MR) is 95.3 cm³/mol. The zero-order valence-electron chi connectivity index (χ0n) is 13.3. The van der Waals surface area contributed by atoms with Crippen molar-refractivity contribution in [3.8, 4) is 0 Å². The summed E-state index contributed by atoms with van der Waals surface area (Å²) in [5.74, 6) is -0.308. The van der Waals surface area contributed by atoms with Crippen molar-refractivity contribution < 1.29 is 9.18 Å². The van der Waals surface area contributed by atoms with Crippen LogP contribution in [0.15, 0.2) is 28.6 Å². The fourth-order valence-corrected chi connectivity index (χ4v) is 4.50. The van der Waals surface area contributed by atoms with E-state index in [-0.39, 0.29) is 17.0 Å². The first kappa shape index (κ1) is 17.2. The second kappa shape index (κ2) is 7.94. The van der Waals surface area contributed by atoms with Crippen LogP contribution in [0.4, 0.5) is 15.2 Å².